The van der Waals surface area contributed by atoms with Gasteiger partial charge in [0.05, 0.1) is 6.54 Å². The molecule has 1 aromatic carbocycles. The van der Waals surface area contributed by atoms with Crippen molar-refractivity contribution in [2.75, 3.05) is 0 Å². The molecule has 7 nitrogen and oxygen atoms in total. The summed E-state index contributed by atoms with van der Waals surface area (Å²) in [5.41, 5.74) is 2.63. The lowest BCUT2D eigenvalue weighted by Crippen LogP contribution is -2.42. The summed E-state index contributed by atoms with van der Waals surface area (Å²) in [5, 5.41) is 16.8. The number of rotatable bonds is 5. The minimum atomic E-state index is -0.642. The van der Waals surface area contributed by atoms with Crippen molar-refractivity contribution in [1.82, 2.24) is 20.0 Å². The summed E-state index contributed by atoms with van der Waals surface area (Å²) in [6.45, 7) is 3.71. The zero-order valence-corrected chi connectivity index (χ0v) is 17.0. The topological polar surface area (TPSA) is 93.2 Å². The molecule has 4 rings (SSSR count). The molecule has 3 aromatic rings. The highest BCUT2D eigenvalue weighted by molar-refractivity contribution is 5.73. The average Bonchev–Trinajstić information content (AvgIpc) is 3.34. The lowest BCUT2D eigenvalue weighted by Gasteiger charge is -2.32. The summed E-state index contributed by atoms with van der Waals surface area (Å²) in [4.78, 5) is 15.2. The monoisotopic (exact) mass is 404 g/mol. The van der Waals surface area contributed by atoms with E-state index >= 15 is 0 Å². The van der Waals surface area contributed by atoms with Crippen molar-refractivity contribution < 1.29 is 14.4 Å². The summed E-state index contributed by atoms with van der Waals surface area (Å²) in [5.74, 6) is 8.12. The Bertz CT molecular complexity index is 1080. The Morgan fingerprint density at radius 2 is 2.13 bits per heavy atom. The molecule has 0 bridgehead atoms. The molecular formula is C23H24N4O3. The molecule has 0 spiro atoms. The third kappa shape index (κ3) is 4.61. The molecule has 2 heterocycles. The molecule has 30 heavy (non-hydrogen) atoms. The molecule has 7 heteroatoms. The lowest BCUT2D eigenvalue weighted by molar-refractivity contribution is -0.120. The fourth-order valence-corrected chi connectivity index (χ4v) is 3.56. The fourth-order valence-electron chi connectivity index (χ4n) is 3.56. The molecule has 1 aliphatic rings. The number of hydrogen-bond donors (Lipinski definition) is 2. The van der Waals surface area contributed by atoms with E-state index in [9.17, 15) is 9.90 Å². The second kappa shape index (κ2) is 8.56. The summed E-state index contributed by atoms with van der Waals surface area (Å²) in [7, 11) is 0. The first kappa shape index (κ1) is 19.9. The smallest absolute Gasteiger partial charge is 0.217 e. The van der Waals surface area contributed by atoms with Gasteiger partial charge in [0, 0.05) is 48.5 Å². The SMILES string of the molecule is CC(=O)NC1CC(C#Cc2ccc(-c3cc(Cn4ccnc4C(C)O)no3)cc2)C1. The van der Waals surface area contributed by atoms with Crippen molar-refractivity contribution in [1.29, 1.82) is 0 Å². The molecule has 1 unspecified atom stereocenters. The largest absolute Gasteiger partial charge is 0.385 e. The van der Waals surface area contributed by atoms with Crippen LogP contribution in [0.25, 0.3) is 11.3 Å². The van der Waals surface area contributed by atoms with Crippen LogP contribution in [0.3, 0.4) is 0 Å². The highest BCUT2D eigenvalue weighted by atomic mass is 16.5. The molecular weight excluding hydrogens is 380 g/mol. The highest BCUT2D eigenvalue weighted by Gasteiger charge is 2.27. The van der Waals surface area contributed by atoms with Crippen LogP contribution in [0.4, 0.5) is 0 Å². The second-order valence-corrected chi connectivity index (χ2v) is 7.68. The standard InChI is InChI=1S/C23H24N4O3/c1-15(28)23-24-9-10-27(23)14-21-13-22(30-26-21)19-7-5-17(6-8-19)3-4-18-11-20(12-18)25-16(2)29/h5-10,13,15,18,20,28H,11-12,14H2,1-2H3,(H,25,29). The Kier molecular flexibility index (Phi) is 5.68. The van der Waals surface area contributed by atoms with Gasteiger partial charge in [-0.05, 0) is 44.0 Å². The molecule has 1 saturated carbocycles. The van der Waals surface area contributed by atoms with Crippen molar-refractivity contribution in [3.63, 3.8) is 0 Å². The number of nitrogens with zero attached hydrogens (tertiary/aromatic N) is 3. The molecule has 0 aliphatic heterocycles. The number of hydrogen-bond acceptors (Lipinski definition) is 5. The summed E-state index contributed by atoms with van der Waals surface area (Å²) in [6, 6.07) is 10.0. The molecule has 2 aromatic heterocycles. The Labute approximate surface area is 175 Å². The van der Waals surface area contributed by atoms with E-state index in [4.69, 9.17) is 4.52 Å². The zero-order chi connectivity index (χ0) is 21.1. The Morgan fingerprint density at radius 1 is 1.37 bits per heavy atom. The van der Waals surface area contributed by atoms with E-state index in [0.717, 1.165) is 29.7 Å². The van der Waals surface area contributed by atoms with Gasteiger partial charge < -0.3 is 19.5 Å². The van der Waals surface area contributed by atoms with E-state index in [2.05, 4.69) is 27.3 Å². The maximum absolute atomic E-state index is 11.0. The first-order chi connectivity index (χ1) is 14.5. The molecule has 0 radical (unpaired) electrons. The van der Waals surface area contributed by atoms with Crippen molar-refractivity contribution in [2.24, 2.45) is 5.92 Å². The minimum absolute atomic E-state index is 0.0194. The number of aliphatic hydroxyl groups excluding tert-OH is 1. The van der Waals surface area contributed by atoms with Crippen molar-refractivity contribution >= 4 is 5.91 Å². The van der Waals surface area contributed by atoms with E-state index in [-0.39, 0.29) is 11.9 Å². The molecule has 0 saturated heterocycles. The Balaban J connectivity index is 1.37. The number of aromatic nitrogens is 3. The summed E-state index contributed by atoms with van der Waals surface area (Å²) in [6.07, 6.45) is 4.66. The number of benzene rings is 1. The number of imidazole rings is 1. The first-order valence-corrected chi connectivity index (χ1v) is 10.0. The van der Waals surface area contributed by atoms with E-state index in [1.807, 2.05) is 41.1 Å². The molecule has 1 aliphatic carbocycles. The summed E-state index contributed by atoms with van der Waals surface area (Å²) < 4.78 is 7.34. The maximum atomic E-state index is 11.0. The third-order valence-electron chi connectivity index (χ3n) is 5.15. The van der Waals surface area contributed by atoms with Crippen molar-refractivity contribution in [3.05, 3.63) is 59.8 Å². The van der Waals surface area contributed by atoms with Gasteiger partial charge in [-0.25, -0.2) is 4.98 Å². The lowest BCUT2D eigenvalue weighted by atomic mass is 9.80. The predicted molar refractivity (Wildman–Crippen MR) is 111 cm³/mol. The van der Waals surface area contributed by atoms with Crippen LogP contribution in [0.1, 0.15) is 49.9 Å². The number of carbonyl (C=O) groups is 1. The highest BCUT2D eigenvalue weighted by Crippen LogP contribution is 2.27. The fraction of sp³-hybridized carbons (Fsp3) is 0.348. The number of aliphatic hydroxyl groups is 1. The van der Waals surface area contributed by atoms with E-state index in [0.29, 0.717) is 24.0 Å². The number of nitrogens with one attached hydrogen (secondary N) is 1. The summed E-state index contributed by atoms with van der Waals surface area (Å²) >= 11 is 0. The quantitative estimate of drug-likeness (QED) is 0.638. The molecule has 154 valence electrons. The van der Waals surface area contributed by atoms with Crippen LogP contribution in [-0.2, 0) is 11.3 Å². The first-order valence-electron chi connectivity index (χ1n) is 10.0. The van der Waals surface area contributed by atoms with Gasteiger partial charge in [-0.3, -0.25) is 4.79 Å². The molecule has 2 N–H and O–H groups in total. The number of amides is 1. The van der Waals surface area contributed by atoms with Crippen LogP contribution >= 0.6 is 0 Å². The van der Waals surface area contributed by atoms with Crippen molar-refractivity contribution in [2.45, 2.75) is 45.4 Å². The van der Waals surface area contributed by atoms with Gasteiger partial charge in [0.2, 0.25) is 5.91 Å². The van der Waals surface area contributed by atoms with Crippen LogP contribution < -0.4 is 5.32 Å². The van der Waals surface area contributed by atoms with Crippen LogP contribution in [0.5, 0.6) is 0 Å². The van der Waals surface area contributed by atoms with Gasteiger partial charge in [0.1, 0.15) is 17.6 Å². The minimum Gasteiger partial charge on any atom is -0.385 e. The molecule has 1 fully saturated rings. The van der Waals surface area contributed by atoms with Crippen molar-refractivity contribution in [3.8, 4) is 23.2 Å². The van der Waals surface area contributed by atoms with Gasteiger partial charge in [0.25, 0.3) is 0 Å². The zero-order valence-electron chi connectivity index (χ0n) is 17.0. The van der Waals surface area contributed by atoms with Gasteiger partial charge in [-0.15, -0.1) is 0 Å². The van der Waals surface area contributed by atoms with E-state index in [1.165, 1.54) is 0 Å². The Hall–Kier alpha value is -3.37. The number of carbonyl (C=O) groups excluding carboxylic acids is 1. The van der Waals surface area contributed by atoms with E-state index in [1.54, 1.807) is 20.0 Å². The third-order valence-corrected chi connectivity index (χ3v) is 5.15. The predicted octanol–water partition coefficient (Wildman–Crippen LogP) is 2.91. The maximum Gasteiger partial charge on any atom is 0.217 e. The van der Waals surface area contributed by atoms with E-state index < -0.39 is 6.10 Å². The van der Waals surface area contributed by atoms with Gasteiger partial charge in [-0.2, -0.15) is 0 Å². The second-order valence-electron chi connectivity index (χ2n) is 7.68. The van der Waals surface area contributed by atoms with Crippen LogP contribution in [-0.4, -0.2) is 31.8 Å². The average molecular weight is 404 g/mol. The Morgan fingerprint density at radius 3 is 2.83 bits per heavy atom. The van der Waals surface area contributed by atoms with Crippen LogP contribution in [0.2, 0.25) is 0 Å². The normalized spacial score (nSPS) is 18.8. The van der Waals surface area contributed by atoms with Crippen LogP contribution in [0, 0.1) is 17.8 Å². The molecule has 1 atom stereocenters. The van der Waals surface area contributed by atoms with Gasteiger partial charge in [-0.1, -0.05) is 17.0 Å². The van der Waals surface area contributed by atoms with Gasteiger partial charge in [0.15, 0.2) is 5.76 Å². The van der Waals surface area contributed by atoms with Gasteiger partial charge >= 0.3 is 0 Å². The van der Waals surface area contributed by atoms with Crippen LogP contribution in [0.15, 0.2) is 47.2 Å². The molecule has 1 amide bonds.